The van der Waals surface area contributed by atoms with Crippen LogP contribution in [-0.4, -0.2) is 48.2 Å². The number of nitrogens with one attached hydrogen (secondary N) is 1. The number of methoxy groups -OCH3 is 1. The molecule has 148 valence electrons. The Kier molecular flexibility index (Phi) is 6.25. The van der Waals surface area contributed by atoms with E-state index in [0.717, 1.165) is 0 Å². The van der Waals surface area contributed by atoms with E-state index in [9.17, 15) is 14.4 Å². The molecule has 0 spiro atoms. The highest BCUT2D eigenvalue weighted by atomic mass is 32.2. The highest BCUT2D eigenvalue weighted by molar-refractivity contribution is 7.99. The van der Waals surface area contributed by atoms with Gasteiger partial charge >= 0.3 is 5.97 Å². The molecule has 1 aliphatic heterocycles. The van der Waals surface area contributed by atoms with Crippen LogP contribution in [-0.2, 0) is 19.1 Å². The van der Waals surface area contributed by atoms with Crippen molar-refractivity contribution in [3.05, 3.63) is 48.4 Å². The van der Waals surface area contributed by atoms with Gasteiger partial charge in [0.15, 0.2) is 6.61 Å². The molecule has 0 aliphatic carbocycles. The number of nitrogens with zero attached hydrogens (tertiary/aromatic N) is 1. The van der Waals surface area contributed by atoms with Crippen molar-refractivity contribution < 1.29 is 28.3 Å². The first kappa shape index (κ1) is 19.8. The van der Waals surface area contributed by atoms with E-state index in [-0.39, 0.29) is 5.91 Å². The van der Waals surface area contributed by atoms with Gasteiger partial charge < -0.3 is 24.1 Å². The van der Waals surface area contributed by atoms with Crippen LogP contribution in [0, 0.1) is 0 Å². The molecule has 2 heterocycles. The fraction of sp³-hybridized carbons (Fsp3) is 0.316. The number of hydrogen-bond acceptors (Lipinski definition) is 7. The van der Waals surface area contributed by atoms with Gasteiger partial charge in [-0.25, -0.2) is 4.79 Å². The number of esters is 1. The number of carbonyl (C=O) groups excluding carboxylic acids is 3. The first-order valence-corrected chi connectivity index (χ1v) is 9.59. The van der Waals surface area contributed by atoms with Gasteiger partial charge in [-0.3, -0.25) is 9.59 Å². The lowest BCUT2D eigenvalue weighted by Gasteiger charge is -2.25. The Bertz CT molecular complexity index is 854. The zero-order valence-corrected chi connectivity index (χ0v) is 16.2. The fourth-order valence-corrected chi connectivity index (χ4v) is 4.31. The number of rotatable bonds is 6. The Morgan fingerprint density at radius 3 is 2.71 bits per heavy atom. The van der Waals surface area contributed by atoms with Crippen molar-refractivity contribution in [2.24, 2.45) is 0 Å². The van der Waals surface area contributed by atoms with E-state index in [0.29, 0.717) is 22.9 Å². The summed E-state index contributed by atoms with van der Waals surface area (Å²) in [6.07, 6.45) is 1.52. The molecule has 1 aliphatic rings. The molecule has 0 unspecified atom stereocenters. The van der Waals surface area contributed by atoms with Gasteiger partial charge in [-0.15, -0.1) is 11.8 Å². The van der Waals surface area contributed by atoms with Gasteiger partial charge in [0.25, 0.3) is 5.91 Å². The summed E-state index contributed by atoms with van der Waals surface area (Å²) in [6, 6.07) is 9.60. The number of para-hydroxylation sites is 2. The summed E-state index contributed by atoms with van der Waals surface area (Å²) in [7, 11) is 1.49. The molecule has 1 N–H and O–H groups in total. The predicted molar refractivity (Wildman–Crippen MR) is 103 cm³/mol. The van der Waals surface area contributed by atoms with Crippen molar-refractivity contribution in [2.75, 3.05) is 24.8 Å². The van der Waals surface area contributed by atoms with Crippen molar-refractivity contribution >= 4 is 35.2 Å². The summed E-state index contributed by atoms with van der Waals surface area (Å²) in [5.41, 5.74) is 0.478. The van der Waals surface area contributed by atoms with Crippen molar-refractivity contribution in [1.82, 2.24) is 4.90 Å². The zero-order chi connectivity index (χ0) is 20.1. The monoisotopic (exact) mass is 404 g/mol. The topological polar surface area (TPSA) is 98.1 Å². The molecule has 1 aromatic heterocycles. The van der Waals surface area contributed by atoms with E-state index in [1.165, 1.54) is 37.0 Å². The standard InChI is InChI=1S/C19H20N2O6S/c1-12(22)21-14(11-28-18(21)16-8-5-9-26-16)19(24)27-10-17(23)20-13-6-3-4-7-15(13)25-2/h3-9,14,18H,10-11H2,1-2H3,(H,20,23)/t14-,18+/m0/s1. The van der Waals surface area contributed by atoms with Gasteiger partial charge in [0.2, 0.25) is 5.91 Å². The molecule has 0 saturated carbocycles. The lowest BCUT2D eigenvalue weighted by atomic mass is 10.2. The molecule has 9 heteroatoms. The molecule has 1 saturated heterocycles. The molecule has 0 bridgehead atoms. The van der Waals surface area contributed by atoms with E-state index in [1.54, 1.807) is 36.4 Å². The molecule has 1 fully saturated rings. The lowest BCUT2D eigenvalue weighted by molar-refractivity contribution is -0.155. The number of benzene rings is 1. The maximum atomic E-state index is 12.5. The largest absolute Gasteiger partial charge is 0.495 e. The number of ether oxygens (including phenoxy) is 2. The van der Waals surface area contributed by atoms with Crippen LogP contribution in [0.2, 0.25) is 0 Å². The third-order valence-corrected chi connectivity index (χ3v) is 5.43. The van der Waals surface area contributed by atoms with Gasteiger partial charge in [0.05, 0.1) is 19.1 Å². The minimum absolute atomic E-state index is 0.271. The second-order valence-electron chi connectivity index (χ2n) is 6.00. The summed E-state index contributed by atoms with van der Waals surface area (Å²) in [5, 5.41) is 2.23. The molecule has 3 rings (SSSR count). The number of anilines is 1. The molecule has 0 radical (unpaired) electrons. The number of amides is 2. The third kappa shape index (κ3) is 4.30. The fourth-order valence-electron chi connectivity index (χ4n) is 2.89. The Labute approximate surface area is 166 Å². The first-order chi connectivity index (χ1) is 13.5. The maximum absolute atomic E-state index is 12.5. The molecule has 2 atom stereocenters. The molecule has 2 amide bonds. The average Bonchev–Trinajstić information content (AvgIpc) is 3.35. The summed E-state index contributed by atoms with van der Waals surface area (Å²) in [4.78, 5) is 38.1. The van der Waals surface area contributed by atoms with Gasteiger partial charge in [-0.1, -0.05) is 12.1 Å². The third-order valence-electron chi connectivity index (χ3n) is 4.15. The normalized spacial score (nSPS) is 18.6. The summed E-state index contributed by atoms with van der Waals surface area (Å²) in [6.45, 7) is 0.922. The van der Waals surface area contributed by atoms with Crippen LogP contribution in [0.15, 0.2) is 47.1 Å². The summed E-state index contributed by atoms with van der Waals surface area (Å²) < 4.78 is 15.7. The highest BCUT2D eigenvalue weighted by Crippen LogP contribution is 2.41. The average molecular weight is 404 g/mol. The van der Waals surface area contributed by atoms with Crippen LogP contribution in [0.5, 0.6) is 5.75 Å². The molecule has 2 aromatic rings. The lowest BCUT2D eigenvalue weighted by Crippen LogP contribution is -2.43. The van der Waals surface area contributed by atoms with Crippen molar-refractivity contribution in [1.29, 1.82) is 0 Å². The molecule has 8 nitrogen and oxygen atoms in total. The minimum atomic E-state index is -0.781. The van der Waals surface area contributed by atoms with Crippen molar-refractivity contribution in [3.63, 3.8) is 0 Å². The zero-order valence-electron chi connectivity index (χ0n) is 15.4. The quantitative estimate of drug-likeness (QED) is 0.739. The van der Waals surface area contributed by atoms with Crippen LogP contribution in [0.25, 0.3) is 0 Å². The Balaban J connectivity index is 1.59. The van der Waals surface area contributed by atoms with Crippen LogP contribution in [0.4, 0.5) is 5.69 Å². The highest BCUT2D eigenvalue weighted by Gasteiger charge is 2.43. The summed E-state index contributed by atoms with van der Waals surface area (Å²) in [5.74, 6) is 0.0415. The number of furan rings is 1. The van der Waals surface area contributed by atoms with E-state index >= 15 is 0 Å². The van der Waals surface area contributed by atoms with Gasteiger partial charge in [-0.05, 0) is 24.3 Å². The second kappa shape index (κ2) is 8.83. The number of hydrogen-bond donors (Lipinski definition) is 1. The SMILES string of the molecule is COc1ccccc1NC(=O)COC(=O)[C@@H]1CS[C@H](c2ccco2)N1C(C)=O. The van der Waals surface area contributed by atoms with E-state index in [4.69, 9.17) is 13.9 Å². The Morgan fingerprint density at radius 1 is 1.25 bits per heavy atom. The van der Waals surface area contributed by atoms with Crippen LogP contribution in [0.3, 0.4) is 0 Å². The first-order valence-electron chi connectivity index (χ1n) is 8.54. The van der Waals surface area contributed by atoms with Crippen LogP contribution in [0.1, 0.15) is 18.1 Å². The molecule has 1 aromatic carbocycles. The van der Waals surface area contributed by atoms with Gasteiger partial charge in [-0.2, -0.15) is 0 Å². The maximum Gasteiger partial charge on any atom is 0.330 e. The smallest absolute Gasteiger partial charge is 0.330 e. The van der Waals surface area contributed by atoms with Gasteiger partial charge in [0.1, 0.15) is 22.9 Å². The number of thioether (sulfide) groups is 1. The molecular formula is C19H20N2O6S. The van der Waals surface area contributed by atoms with Crippen LogP contribution >= 0.6 is 11.8 Å². The van der Waals surface area contributed by atoms with Crippen LogP contribution < -0.4 is 10.1 Å². The Morgan fingerprint density at radius 2 is 2.04 bits per heavy atom. The van der Waals surface area contributed by atoms with Gasteiger partial charge in [0, 0.05) is 12.7 Å². The predicted octanol–water partition coefficient (Wildman–Crippen LogP) is 2.43. The number of carbonyl (C=O) groups is 3. The minimum Gasteiger partial charge on any atom is -0.495 e. The van der Waals surface area contributed by atoms with Crippen molar-refractivity contribution in [3.8, 4) is 5.75 Å². The van der Waals surface area contributed by atoms with E-state index < -0.39 is 29.9 Å². The van der Waals surface area contributed by atoms with Crippen molar-refractivity contribution in [2.45, 2.75) is 18.3 Å². The molecular weight excluding hydrogens is 384 g/mol. The van der Waals surface area contributed by atoms with E-state index in [2.05, 4.69) is 5.32 Å². The Hall–Kier alpha value is -2.94. The second-order valence-corrected chi connectivity index (χ2v) is 7.11. The summed E-state index contributed by atoms with van der Waals surface area (Å²) >= 11 is 1.41. The molecule has 28 heavy (non-hydrogen) atoms. The van der Waals surface area contributed by atoms with E-state index in [1.807, 2.05) is 0 Å².